The van der Waals surface area contributed by atoms with Crippen LogP contribution in [0.1, 0.15) is 28.2 Å². The highest BCUT2D eigenvalue weighted by Gasteiger charge is 2.38. The van der Waals surface area contributed by atoms with Gasteiger partial charge < -0.3 is 24.2 Å². The van der Waals surface area contributed by atoms with Crippen molar-refractivity contribution < 1.29 is 36.8 Å². The van der Waals surface area contributed by atoms with Crippen molar-refractivity contribution in [3.63, 3.8) is 0 Å². The molecule has 3 heterocycles. The number of hydrogen-bond acceptors (Lipinski definition) is 7. The number of alkyl halides is 3. The maximum absolute atomic E-state index is 13.3. The number of morpholine rings is 1. The first-order chi connectivity index (χ1) is 17.8. The molecule has 12 heteroatoms. The van der Waals surface area contributed by atoms with E-state index in [1.54, 1.807) is 4.90 Å². The highest BCUT2D eigenvalue weighted by Crippen LogP contribution is 2.30. The van der Waals surface area contributed by atoms with Crippen molar-refractivity contribution in [3.8, 4) is 17.1 Å². The predicted octanol–water partition coefficient (Wildman–Crippen LogP) is 3.11. The monoisotopic (exact) mass is 516 g/mol. The van der Waals surface area contributed by atoms with Gasteiger partial charge in [0.15, 0.2) is 6.10 Å². The van der Waals surface area contributed by atoms with Crippen molar-refractivity contribution in [2.24, 2.45) is 0 Å². The Kier molecular flexibility index (Phi) is 6.83. The number of nitrogens with one attached hydrogen (secondary N) is 1. The molecule has 0 radical (unpaired) electrons. The lowest BCUT2D eigenvalue weighted by molar-refractivity contribution is -0.159. The second-order valence-electron chi connectivity index (χ2n) is 8.72. The largest absolute Gasteiger partial charge is 0.480 e. The summed E-state index contributed by atoms with van der Waals surface area (Å²) in [5, 5.41) is 6.14. The molecular formula is C25H23F3N4O5. The van der Waals surface area contributed by atoms with Crippen molar-refractivity contribution in [2.75, 3.05) is 26.3 Å². The molecule has 2 aliphatic heterocycles. The van der Waals surface area contributed by atoms with E-state index in [1.807, 2.05) is 24.3 Å². The summed E-state index contributed by atoms with van der Waals surface area (Å²) in [4.78, 5) is 31.0. The first kappa shape index (κ1) is 24.8. The quantitative estimate of drug-likeness (QED) is 0.556. The number of nitrogens with zero attached hydrogens (tertiary/aromatic N) is 3. The highest BCUT2D eigenvalue weighted by molar-refractivity contribution is 5.94. The van der Waals surface area contributed by atoms with Gasteiger partial charge >= 0.3 is 12.1 Å². The van der Waals surface area contributed by atoms with Gasteiger partial charge in [0, 0.05) is 24.2 Å². The van der Waals surface area contributed by atoms with Crippen LogP contribution in [0.3, 0.4) is 0 Å². The molecule has 3 aromatic rings. The smallest absolute Gasteiger partial charge is 0.471 e. The zero-order valence-corrected chi connectivity index (χ0v) is 19.5. The Bertz CT molecular complexity index is 1280. The van der Waals surface area contributed by atoms with Gasteiger partial charge in [-0.2, -0.15) is 18.2 Å². The number of aryl methyl sites for hydroxylation is 1. The van der Waals surface area contributed by atoms with Gasteiger partial charge in [-0.15, -0.1) is 0 Å². The number of para-hydroxylation sites is 1. The molecule has 37 heavy (non-hydrogen) atoms. The summed E-state index contributed by atoms with van der Waals surface area (Å²) in [5.41, 5.74) is 1.62. The van der Waals surface area contributed by atoms with E-state index in [2.05, 4.69) is 20.0 Å². The number of ether oxygens (including phenoxy) is 2. The van der Waals surface area contributed by atoms with E-state index in [0.717, 1.165) is 12.0 Å². The molecule has 1 N–H and O–H groups in total. The van der Waals surface area contributed by atoms with Gasteiger partial charge in [0.2, 0.25) is 5.82 Å². The second kappa shape index (κ2) is 10.2. The molecule has 1 saturated heterocycles. The molecule has 1 unspecified atom stereocenters. The van der Waals surface area contributed by atoms with Gasteiger partial charge in [0.05, 0.1) is 19.3 Å². The summed E-state index contributed by atoms with van der Waals surface area (Å²) >= 11 is 0. The molecular weight excluding hydrogens is 493 g/mol. The van der Waals surface area contributed by atoms with E-state index in [4.69, 9.17) is 9.47 Å². The number of benzene rings is 2. The molecule has 2 aliphatic rings. The number of carbonyl (C=O) groups is 2. The maximum atomic E-state index is 13.3. The van der Waals surface area contributed by atoms with E-state index in [-0.39, 0.29) is 42.1 Å². The Labute approximate surface area is 209 Å². The molecule has 0 spiro atoms. The highest BCUT2D eigenvalue weighted by atomic mass is 19.4. The molecule has 9 nitrogen and oxygen atoms in total. The van der Waals surface area contributed by atoms with Crippen molar-refractivity contribution in [3.05, 3.63) is 65.5 Å². The first-order valence-electron chi connectivity index (χ1n) is 11.7. The Morgan fingerprint density at radius 3 is 2.65 bits per heavy atom. The average Bonchev–Trinajstić information content (AvgIpc) is 3.43. The summed E-state index contributed by atoms with van der Waals surface area (Å²) in [7, 11) is 0. The number of aromatic nitrogens is 2. The molecule has 2 aromatic carbocycles. The fourth-order valence-corrected chi connectivity index (χ4v) is 4.34. The van der Waals surface area contributed by atoms with Crippen LogP contribution in [0.5, 0.6) is 5.75 Å². The van der Waals surface area contributed by atoms with E-state index in [1.165, 1.54) is 24.3 Å². The lowest BCUT2D eigenvalue weighted by Crippen LogP contribution is -2.57. The summed E-state index contributed by atoms with van der Waals surface area (Å²) in [5.74, 6) is -1.51. The van der Waals surface area contributed by atoms with E-state index in [9.17, 15) is 22.8 Å². The van der Waals surface area contributed by atoms with Crippen LogP contribution in [0, 0.1) is 0 Å². The lowest BCUT2D eigenvalue weighted by Gasteiger charge is -2.38. The average molecular weight is 516 g/mol. The Morgan fingerprint density at radius 1 is 1.11 bits per heavy atom. The topological polar surface area (TPSA) is 107 Å². The third-order valence-corrected chi connectivity index (χ3v) is 6.28. The van der Waals surface area contributed by atoms with Gasteiger partial charge in [-0.25, -0.2) is 0 Å². The van der Waals surface area contributed by atoms with Crippen LogP contribution in [0.2, 0.25) is 0 Å². The van der Waals surface area contributed by atoms with E-state index < -0.39 is 24.1 Å². The number of rotatable bonds is 5. The number of fused-ring (bicyclic) bond motifs is 1. The first-order valence-corrected chi connectivity index (χ1v) is 11.7. The van der Waals surface area contributed by atoms with Crippen LogP contribution in [-0.2, 0) is 22.1 Å². The Balaban J connectivity index is 1.19. The molecule has 2 atom stereocenters. The van der Waals surface area contributed by atoms with Crippen molar-refractivity contribution in [1.82, 2.24) is 20.4 Å². The summed E-state index contributed by atoms with van der Waals surface area (Å²) in [6, 6.07) is 13.0. The normalized spacial score (nSPS) is 19.6. The zero-order chi connectivity index (χ0) is 26.0. The van der Waals surface area contributed by atoms with Gasteiger partial charge in [0.1, 0.15) is 5.75 Å². The molecule has 2 amide bonds. The summed E-state index contributed by atoms with van der Waals surface area (Å²) in [6.45, 7) is 1.22. The predicted molar refractivity (Wildman–Crippen MR) is 123 cm³/mol. The van der Waals surface area contributed by atoms with Crippen LogP contribution in [-0.4, -0.2) is 65.3 Å². The standard InChI is InChI=1S/C25H23F3N4O5/c26-25(27,28)24-30-21(31-37-24)16-5-7-17(8-6-16)22(33)29-13-18-14-35-12-11-32(18)23(34)20-10-9-15-3-1-2-4-19(15)36-20/h1-8,18,20H,9-14H2,(H,29,33)/t18-,20?/m0/s1. The molecule has 1 aromatic heterocycles. The lowest BCUT2D eigenvalue weighted by atomic mass is 10.0. The van der Waals surface area contributed by atoms with Crippen molar-refractivity contribution in [1.29, 1.82) is 0 Å². The van der Waals surface area contributed by atoms with Gasteiger partial charge in [-0.3, -0.25) is 9.59 Å². The van der Waals surface area contributed by atoms with Crippen LogP contribution in [0.15, 0.2) is 53.1 Å². The van der Waals surface area contributed by atoms with Gasteiger partial charge in [-0.1, -0.05) is 35.5 Å². The maximum Gasteiger partial charge on any atom is 0.471 e. The van der Waals surface area contributed by atoms with Crippen LogP contribution in [0.4, 0.5) is 13.2 Å². The van der Waals surface area contributed by atoms with E-state index >= 15 is 0 Å². The third-order valence-electron chi connectivity index (χ3n) is 6.28. The van der Waals surface area contributed by atoms with Gasteiger partial charge in [0.25, 0.3) is 11.8 Å². The molecule has 194 valence electrons. The SMILES string of the molecule is O=C(NC[C@H]1COCCN1C(=O)C1CCc2ccccc2O1)c1ccc(-c2noc(C(F)(F)F)n2)cc1. The molecule has 0 saturated carbocycles. The minimum Gasteiger partial charge on any atom is -0.480 e. The van der Waals surface area contributed by atoms with E-state index in [0.29, 0.717) is 25.3 Å². The van der Waals surface area contributed by atoms with Crippen LogP contribution < -0.4 is 10.1 Å². The number of hydrogen-bond donors (Lipinski definition) is 1. The summed E-state index contributed by atoms with van der Waals surface area (Å²) in [6.07, 6.45) is -4.02. The molecule has 0 aliphatic carbocycles. The van der Waals surface area contributed by atoms with Gasteiger partial charge in [-0.05, 0) is 36.6 Å². The van der Waals surface area contributed by atoms with Crippen LogP contribution >= 0.6 is 0 Å². The van der Waals surface area contributed by atoms with Crippen LogP contribution in [0.25, 0.3) is 11.4 Å². The number of carbonyl (C=O) groups excluding carboxylic acids is 2. The number of halogens is 3. The minimum atomic E-state index is -4.74. The second-order valence-corrected chi connectivity index (χ2v) is 8.72. The fourth-order valence-electron chi connectivity index (χ4n) is 4.34. The minimum absolute atomic E-state index is 0.139. The van der Waals surface area contributed by atoms with Crippen molar-refractivity contribution in [2.45, 2.75) is 31.2 Å². The molecule has 1 fully saturated rings. The fraction of sp³-hybridized carbons (Fsp3) is 0.360. The zero-order valence-electron chi connectivity index (χ0n) is 19.5. The summed E-state index contributed by atoms with van der Waals surface area (Å²) < 4.78 is 53.8. The molecule has 0 bridgehead atoms. The third kappa shape index (κ3) is 5.43. The van der Waals surface area contributed by atoms with Crippen molar-refractivity contribution >= 4 is 11.8 Å². The Hall–Kier alpha value is -3.93. The molecule has 5 rings (SSSR count). The Morgan fingerprint density at radius 2 is 1.89 bits per heavy atom. The number of amides is 2.